The van der Waals surface area contributed by atoms with Crippen molar-refractivity contribution in [3.05, 3.63) is 59.7 Å². The lowest BCUT2D eigenvalue weighted by molar-refractivity contribution is -0.122. The van der Waals surface area contributed by atoms with E-state index in [1.165, 1.54) is 6.92 Å². The van der Waals surface area contributed by atoms with Crippen LogP contribution in [0.5, 0.6) is 0 Å². The van der Waals surface area contributed by atoms with Crippen LogP contribution >= 0.6 is 0 Å². The molecule has 0 aliphatic carbocycles. The van der Waals surface area contributed by atoms with E-state index in [1.807, 2.05) is 55.5 Å². The molecule has 7 heteroatoms. The van der Waals surface area contributed by atoms with Gasteiger partial charge in [-0.1, -0.05) is 29.8 Å². The molecule has 31 heavy (non-hydrogen) atoms. The van der Waals surface area contributed by atoms with Crippen LogP contribution in [0.2, 0.25) is 0 Å². The number of nitrogens with one attached hydrogen (secondary N) is 2. The molecule has 2 aromatic carbocycles. The summed E-state index contributed by atoms with van der Waals surface area (Å²) in [5, 5.41) is 5.77. The van der Waals surface area contributed by atoms with Gasteiger partial charge in [-0.25, -0.2) is 0 Å². The van der Waals surface area contributed by atoms with Crippen LogP contribution in [0, 0.1) is 12.8 Å². The molecule has 0 aromatic heterocycles. The van der Waals surface area contributed by atoms with Crippen molar-refractivity contribution in [3.8, 4) is 0 Å². The van der Waals surface area contributed by atoms with Crippen molar-refractivity contribution < 1.29 is 14.4 Å². The normalized spacial score (nSPS) is 15.2. The Morgan fingerprint density at radius 3 is 2.19 bits per heavy atom. The maximum Gasteiger partial charge on any atom is 0.226 e. The van der Waals surface area contributed by atoms with E-state index >= 15 is 0 Å². The van der Waals surface area contributed by atoms with Gasteiger partial charge in [-0.3, -0.25) is 14.4 Å². The van der Waals surface area contributed by atoms with E-state index in [9.17, 15) is 14.4 Å². The molecule has 1 aliphatic rings. The number of carbonyl (C=O) groups is 3. The first-order valence-corrected chi connectivity index (χ1v) is 10.6. The Balaban J connectivity index is 1.58. The highest BCUT2D eigenvalue weighted by molar-refractivity contribution is 5.91. The van der Waals surface area contributed by atoms with Crippen molar-refractivity contribution in [3.63, 3.8) is 0 Å². The molecule has 0 bridgehead atoms. The molecular weight excluding hydrogens is 392 g/mol. The number of nitrogens with two attached hydrogens (primary N) is 1. The lowest BCUT2D eigenvalue weighted by Crippen LogP contribution is -2.38. The van der Waals surface area contributed by atoms with Crippen LogP contribution in [0.25, 0.3) is 0 Å². The van der Waals surface area contributed by atoms with Gasteiger partial charge in [0.25, 0.3) is 0 Å². The second-order valence-electron chi connectivity index (χ2n) is 8.13. The highest BCUT2D eigenvalue weighted by Crippen LogP contribution is 2.25. The number of hydrogen-bond donors (Lipinski definition) is 3. The molecule has 4 N–H and O–H groups in total. The Kier molecular flexibility index (Phi) is 7.28. The molecule has 0 saturated carbocycles. The fourth-order valence-electron chi connectivity index (χ4n) is 3.87. The van der Waals surface area contributed by atoms with Crippen molar-refractivity contribution >= 4 is 29.1 Å². The number of amides is 3. The van der Waals surface area contributed by atoms with E-state index in [0.717, 1.165) is 42.7 Å². The van der Waals surface area contributed by atoms with Crippen molar-refractivity contribution in [2.45, 2.75) is 39.2 Å². The highest BCUT2D eigenvalue weighted by Gasteiger charge is 2.23. The average molecular weight is 423 g/mol. The number of rotatable bonds is 7. The van der Waals surface area contributed by atoms with Crippen LogP contribution in [-0.2, 0) is 14.4 Å². The molecule has 2 aromatic rings. The van der Waals surface area contributed by atoms with Crippen LogP contribution in [0.15, 0.2) is 48.5 Å². The van der Waals surface area contributed by atoms with Gasteiger partial charge in [-0.15, -0.1) is 0 Å². The van der Waals surface area contributed by atoms with E-state index < -0.39 is 0 Å². The zero-order valence-electron chi connectivity index (χ0n) is 18.1. The molecule has 1 fully saturated rings. The van der Waals surface area contributed by atoms with Crippen LogP contribution in [0.1, 0.15) is 43.4 Å². The smallest absolute Gasteiger partial charge is 0.226 e. The summed E-state index contributed by atoms with van der Waals surface area (Å²) in [7, 11) is 0. The van der Waals surface area contributed by atoms with Gasteiger partial charge in [0, 0.05) is 37.3 Å². The lowest BCUT2D eigenvalue weighted by Gasteiger charge is -2.32. The van der Waals surface area contributed by atoms with Crippen molar-refractivity contribution in [2.24, 2.45) is 11.7 Å². The third-order valence-electron chi connectivity index (χ3n) is 5.66. The van der Waals surface area contributed by atoms with Gasteiger partial charge >= 0.3 is 0 Å². The third-order valence-corrected chi connectivity index (χ3v) is 5.66. The number of carbonyl (C=O) groups excluding carboxylic acids is 3. The van der Waals surface area contributed by atoms with Crippen molar-refractivity contribution in [1.29, 1.82) is 0 Å². The van der Waals surface area contributed by atoms with Crippen molar-refractivity contribution in [1.82, 2.24) is 5.32 Å². The highest BCUT2D eigenvalue weighted by atomic mass is 16.2. The summed E-state index contributed by atoms with van der Waals surface area (Å²) in [4.78, 5) is 37.8. The number of primary amides is 1. The molecule has 164 valence electrons. The fourth-order valence-corrected chi connectivity index (χ4v) is 3.87. The van der Waals surface area contributed by atoms with E-state index in [2.05, 4.69) is 15.5 Å². The lowest BCUT2D eigenvalue weighted by atomic mass is 9.96. The predicted molar refractivity (Wildman–Crippen MR) is 122 cm³/mol. The predicted octanol–water partition coefficient (Wildman–Crippen LogP) is 2.90. The first-order valence-electron chi connectivity index (χ1n) is 10.6. The SMILES string of the molecule is CC(=O)NC(CC(=O)Nc1ccc(N2CCC(C(N)=O)CC2)cc1)c1ccc(C)cc1. The van der Waals surface area contributed by atoms with Crippen LogP contribution < -0.4 is 21.3 Å². The van der Waals surface area contributed by atoms with E-state index in [4.69, 9.17) is 5.73 Å². The topological polar surface area (TPSA) is 105 Å². The monoisotopic (exact) mass is 422 g/mol. The van der Waals surface area contributed by atoms with Gasteiger partial charge in [-0.05, 0) is 49.6 Å². The Hall–Kier alpha value is -3.35. The summed E-state index contributed by atoms with van der Waals surface area (Å²) in [5.41, 5.74) is 9.17. The Morgan fingerprint density at radius 2 is 1.65 bits per heavy atom. The number of aryl methyl sites for hydroxylation is 1. The molecule has 1 aliphatic heterocycles. The zero-order chi connectivity index (χ0) is 22.4. The van der Waals surface area contributed by atoms with Gasteiger partial charge in [0.05, 0.1) is 12.5 Å². The van der Waals surface area contributed by atoms with Gasteiger partial charge in [0.2, 0.25) is 17.7 Å². The Morgan fingerprint density at radius 1 is 1.03 bits per heavy atom. The fraction of sp³-hybridized carbons (Fsp3) is 0.375. The quantitative estimate of drug-likeness (QED) is 0.638. The van der Waals surface area contributed by atoms with Crippen molar-refractivity contribution in [2.75, 3.05) is 23.3 Å². The summed E-state index contributed by atoms with van der Waals surface area (Å²) < 4.78 is 0. The molecule has 1 saturated heterocycles. The van der Waals surface area contributed by atoms with Gasteiger partial charge in [-0.2, -0.15) is 0 Å². The third kappa shape index (κ3) is 6.31. The number of hydrogen-bond acceptors (Lipinski definition) is 4. The van der Waals surface area contributed by atoms with Gasteiger partial charge in [0.1, 0.15) is 0 Å². The number of piperidine rings is 1. The number of nitrogens with zero attached hydrogens (tertiary/aromatic N) is 1. The molecule has 3 rings (SSSR count). The minimum atomic E-state index is -0.385. The number of anilines is 2. The largest absolute Gasteiger partial charge is 0.371 e. The summed E-state index contributed by atoms with van der Waals surface area (Å²) in [6, 6.07) is 15.1. The Bertz CT molecular complexity index is 917. The molecule has 3 amide bonds. The standard InChI is InChI=1S/C24H30N4O3/c1-16-3-5-18(6-4-16)22(26-17(2)29)15-23(30)27-20-7-9-21(10-8-20)28-13-11-19(12-14-28)24(25)31/h3-10,19,22H,11-15H2,1-2H3,(H2,25,31)(H,26,29)(H,27,30). The summed E-state index contributed by atoms with van der Waals surface area (Å²) in [5.74, 6) is -0.613. The van der Waals surface area contributed by atoms with Crippen LogP contribution in [0.3, 0.4) is 0 Å². The maximum atomic E-state index is 12.6. The molecule has 0 radical (unpaired) electrons. The van der Waals surface area contributed by atoms with Crippen LogP contribution in [-0.4, -0.2) is 30.8 Å². The average Bonchev–Trinajstić information content (AvgIpc) is 2.74. The summed E-state index contributed by atoms with van der Waals surface area (Å²) >= 11 is 0. The van der Waals surface area contributed by atoms with Gasteiger partial charge in [0.15, 0.2) is 0 Å². The first-order chi connectivity index (χ1) is 14.8. The first kappa shape index (κ1) is 22.3. The minimum Gasteiger partial charge on any atom is -0.371 e. The second kappa shape index (κ2) is 10.1. The molecular formula is C24H30N4O3. The molecule has 0 spiro atoms. The van der Waals surface area contributed by atoms with E-state index in [0.29, 0.717) is 5.69 Å². The van der Waals surface area contributed by atoms with E-state index in [1.54, 1.807) is 0 Å². The second-order valence-corrected chi connectivity index (χ2v) is 8.13. The molecule has 1 atom stereocenters. The minimum absolute atomic E-state index is 0.0418. The summed E-state index contributed by atoms with van der Waals surface area (Å²) in [6.07, 6.45) is 1.67. The van der Waals surface area contributed by atoms with E-state index in [-0.39, 0.29) is 36.1 Å². The molecule has 7 nitrogen and oxygen atoms in total. The Labute approximate surface area is 183 Å². The van der Waals surface area contributed by atoms with Gasteiger partial charge < -0.3 is 21.3 Å². The number of benzene rings is 2. The molecule has 1 heterocycles. The zero-order valence-corrected chi connectivity index (χ0v) is 18.1. The summed E-state index contributed by atoms with van der Waals surface area (Å²) in [6.45, 7) is 5.01. The van der Waals surface area contributed by atoms with Crippen LogP contribution in [0.4, 0.5) is 11.4 Å². The maximum absolute atomic E-state index is 12.6. The molecule has 1 unspecified atom stereocenters.